The summed E-state index contributed by atoms with van der Waals surface area (Å²) in [5.74, 6) is 0.279. The predicted molar refractivity (Wildman–Crippen MR) is 115 cm³/mol. The summed E-state index contributed by atoms with van der Waals surface area (Å²) in [5.41, 5.74) is 2.18. The summed E-state index contributed by atoms with van der Waals surface area (Å²) < 4.78 is 0. The van der Waals surface area contributed by atoms with Crippen molar-refractivity contribution in [3.63, 3.8) is 0 Å². The molecule has 6 nitrogen and oxygen atoms in total. The van der Waals surface area contributed by atoms with Crippen LogP contribution in [0.5, 0.6) is 0 Å². The van der Waals surface area contributed by atoms with Crippen molar-refractivity contribution >= 4 is 22.7 Å². The van der Waals surface area contributed by atoms with E-state index in [1.807, 2.05) is 47.0 Å². The van der Waals surface area contributed by atoms with Gasteiger partial charge in [-0.05, 0) is 50.2 Å². The fraction of sp³-hybridized carbons (Fsp3) is 0.435. The molecule has 2 heterocycles. The van der Waals surface area contributed by atoms with Crippen LogP contribution in [0.4, 0.5) is 0 Å². The van der Waals surface area contributed by atoms with Crippen LogP contribution in [0.2, 0.25) is 0 Å². The Bertz CT molecular complexity index is 893. The number of hydrogen-bond donors (Lipinski definition) is 0. The maximum Gasteiger partial charge on any atom is 0.246 e. The second kappa shape index (κ2) is 9.65. The first-order chi connectivity index (χ1) is 13.9. The Hall–Kier alpha value is -2.73. The predicted octanol–water partition coefficient (Wildman–Crippen LogP) is 2.20. The molecular weight excluding hydrogens is 364 g/mol. The van der Waals surface area contributed by atoms with E-state index in [1.165, 1.54) is 5.56 Å². The van der Waals surface area contributed by atoms with Crippen LogP contribution in [0.3, 0.4) is 0 Å². The molecule has 1 unspecified atom stereocenters. The van der Waals surface area contributed by atoms with Gasteiger partial charge >= 0.3 is 0 Å². The number of carbonyl (C=O) groups excluding carboxylic acids is 2. The van der Waals surface area contributed by atoms with Gasteiger partial charge in [-0.2, -0.15) is 0 Å². The first-order valence-corrected chi connectivity index (χ1v) is 10.1. The molecule has 29 heavy (non-hydrogen) atoms. The molecule has 0 radical (unpaired) electrons. The normalized spacial score (nSPS) is 17.9. The van der Waals surface area contributed by atoms with E-state index in [9.17, 15) is 9.59 Å². The molecule has 2 amide bonds. The molecule has 154 valence electrons. The molecule has 2 aromatic rings. The zero-order valence-electron chi connectivity index (χ0n) is 17.5. The molecule has 0 saturated carbocycles. The molecule has 6 heteroatoms. The van der Waals surface area contributed by atoms with Crippen LogP contribution >= 0.6 is 0 Å². The minimum Gasteiger partial charge on any atom is -0.341 e. The number of likely N-dealkylation sites (N-methyl/N-ethyl adjacent to an activating group) is 1. The first-order valence-electron chi connectivity index (χ1n) is 10.1. The molecule has 0 spiro atoms. The third-order valence-electron chi connectivity index (χ3n) is 5.28. The highest BCUT2D eigenvalue weighted by atomic mass is 16.2. The van der Waals surface area contributed by atoms with Gasteiger partial charge in [-0.15, -0.1) is 0 Å². The molecular formula is C23H30N4O2. The number of rotatable bonds is 5. The number of hydrogen-bond acceptors (Lipinski definition) is 4. The SMILES string of the molecule is CC(=O)N1CCN(C(=O)/C=C/CN(C)C)CC(Cc2ccc3ncccc3c2)C1. The summed E-state index contributed by atoms with van der Waals surface area (Å²) in [4.78, 5) is 34.9. The topological polar surface area (TPSA) is 56.8 Å². The molecule has 3 rings (SSSR count). The fourth-order valence-corrected chi connectivity index (χ4v) is 3.78. The third-order valence-corrected chi connectivity index (χ3v) is 5.28. The van der Waals surface area contributed by atoms with Gasteiger partial charge in [-0.3, -0.25) is 14.6 Å². The molecule has 0 bridgehead atoms. The van der Waals surface area contributed by atoms with Crippen LogP contribution in [-0.4, -0.2) is 78.3 Å². The minimum absolute atomic E-state index is 0.0185. The van der Waals surface area contributed by atoms with E-state index in [1.54, 1.807) is 19.2 Å². The zero-order valence-corrected chi connectivity index (χ0v) is 17.5. The van der Waals surface area contributed by atoms with Gasteiger partial charge in [0.15, 0.2) is 0 Å². The number of carbonyl (C=O) groups is 2. The van der Waals surface area contributed by atoms with E-state index in [4.69, 9.17) is 0 Å². The Morgan fingerprint density at radius 1 is 1.17 bits per heavy atom. The molecule has 0 N–H and O–H groups in total. The lowest BCUT2D eigenvalue weighted by Gasteiger charge is -2.24. The maximum absolute atomic E-state index is 12.7. The second-order valence-electron chi connectivity index (χ2n) is 8.01. The highest BCUT2D eigenvalue weighted by Crippen LogP contribution is 2.19. The smallest absolute Gasteiger partial charge is 0.246 e. The number of nitrogens with zero attached hydrogens (tertiary/aromatic N) is 4. The molecule has 1 aliphatic rings. The van der Waals surface area contributed by atoms with Gasteiger partial charge in [-0.1, -0.05) is 18.2 Å². The van der Waals surface area contributed by atoms with Gasteiger partial charge in [0.1, 0.15) is 0 Å². The van der Waals surface area contributed by atoms with Gasteiger partial charge < -0.3 is 14.7 Å². The van der Waals surface area contributed by atoms with Crippen LogP contribution in [0.1, 0.15) is 12.5 Å². The average molecular weight is 395 g/mol. The highest BCUT2D eigenvalue weighted by molar-refractivity contribution is 5.87. The molecule has 1 aromatic heterocycles. The Kier molecular flexibility index (Phi) is 6.99. The highest BCUT2D eigenvalue weighted by Gasteiger charge is 2.26. The summed E-state index contributed by atoms with van der Waals surface area (Å²) in [6, 6.07) is 10.3. The summed E-state index contributed by atoms with van der Waals surface area (Å²) in [6.07, 6.45) is 6.16. The van der Waals surface area contributed by atoms with Gasteiger partial charge in [0.2, 0.25) is 11.8 Å². The number of pyridine rings is 1. The van der Waals surface area contributed by atoms with Crippen LogP contribution in [0.15, 0.2) is 48.7 Å². The van der Waals surface area contributed by atoms with Crippen LogP contribution < -0.4 is 0 Å². The molecule has 1 atom stereocenters. The van der Waals surface area contributed by atoms with E-state index >= 15 is 0 Å². The monoisotopic (exact) mass is 394 g/mol. The van der Waals surface area contributed by atoms with Gasteiger partial charge in [0, 0.05) is 57.3 Å². The van der Waals surface area contributed by atoms with Crippen molar-refractivity contribution in [2.75, 3.05) is 46.8 Å². The standard InChI is InChI=1S/C23H30N4O2/c1-18(28)26-12-13-27(23(29)7-5-11-25(2)3)17-20(16-26)14-19-8-9-22-21(15-19)6-4-10-24-22/h4-10,15,20H,11-14,16-17H2,1-3H3/b7-5+. The van der Waals surface area contributed by atoms with Crippen molar-refractivity contribution < 1.29 is 9.59 Å². The summed E-state index contributed by atoms with van der Waals surface area (Å²) in [6.45, 7) is 4.82. The Labute approximate surface area is 172 Å². The maximum atomic E-state index is 12.7. The quantitative estimate of drug-likeness (QED) is 0.730. The first kappa shape index (κ1) is 21.0. The molecule has 1 aromatic carbocycles. The van der Waals surface area contributed by atoms with Crippen molar-refractivity contribution in [3.05, 3.63) is 54.2 Å². The Morgan fingerprint density at radius 3 is 2.69 bits per heavy atom. The third kappa shape index (κ3) is 5.87. The second-order valence-corrected chi connectivity index (χ2v) is 8.01. The van der Waals surface area contributed by atoms with Crippen LogP contribution in [0, 0.1) is 5.92 Å². The van der Waals surface area contributed by atoms with Crippen LogP contribution in [-0.2, 0) is 16.0 Å². The van der Waals surface area contributed by atoms with Crippen molar-refractivity contribution in [1.82, 2.24) is 19.7 Å². The van der Waals surface area contributed by atoms with Crippen molar-refractivity contribution in [1.29, 1.82) is 0 Å². The number of amides is 2. The van der Waals surface area contributed by atoms with Crippen molar-refractivity contribution in [3.8, 4) is 0 Å². The lowest BCUT2D eigenvalue weighted by atomic mass is 9.97. The summed E-state index contributed by atoms with van der Waals surface area (Å²) >= 11 is 0. The lowest BCUT2D eigenvalue weighted by Crippen LogP contribution is -2.35. The minimum atomic E-state index is 0.0185. The van der Waals surface area contributed by atoms with E-state index in [2.05, 4.69) is 23.2 Å². The van der Waals surface area contributed by atoms with Gasteiger partial charge in [0.05, 0.1) is 5.52 Å². The summed E-state index contributed by atoms with van der Waals surface area (Å²) in [7, 11) is 3.95. The summed E-state index contributed by atoms with van der Waals surface area (Å²) in [5, 5.41) is 1.11. The largest absolute Gasteiger partial charge is 0.341 e. The van der Waals surface area contributed by atoms with Gasteiger partial charge in [0.25, 0.3) is 0 Å². The van der Waals surface area contributed by atoms with E-state index in [-0.39, 0.29) is 17.7 Å². The average Bonchev–Trinajstić information content (AvgIpc) is 2.90. The number of fused-ring (bicyclic) bond motifs is 1. The molecule has 1 saturated heterocycles. The van der Waals surface area contributed by atoms with E-state index in [0.717, 1.165) is 23.9 Å². The Morgan fingerprint density at radius 2 is 1.93 bits per heavy atom. The Balaban J connectivity index is 1.75. The van der Waals surface area contributed by atoms with Crippen molar-refractivity contribution in [2.45, 2.75) is 13.3 Å². The van der Waals surface area contributed by atoms with Crippen molar-refractivity contribution in [2.24, 2.45) is 5.92 Å². The molecule has 1 fully saturated rings. The van der Waals surface area contributed by atoms with Crippen LogP contribution in [0.25, 0.3) is 10.9 Å². The zero-order chi connectivity index (χ0) is 20.8. The van der Waals surface area contributed by atoms with Gasteiger partial charge in [-0.25, -0.2) is 0 Å². The number of aromatic nitrogens is 1. The van der Waals surface area contributed by atoms with E-state index < -0.39 is 0 Å². The number of benzene rings is 1. The van der Waals surface area contributed by atoms with E-state index in [0.29, 0.717) is 26.2 Å². The lowest BCUT2D eigenvalue weighted by molar-refractivity contribution is -0.130. The molecule has 1 aliphatic heterocycles. The molecule has 0 aliphatic carbocycles. The fourth-order valence-electron chi connectivity index (χ4n) is 3.78.